The lowest BCUT2D eigenvalue weighted by Gasteiger charge is -2.23. The van der Waals surface area contributed by atoms with Crippen LogP contribution in [0.2, 0.25) is 0 Å². The highest BCUT2D eigenvalue weighted by molar-refractivity contribution is 6.09. The van der Waals surface area contributed by atoms with Crippen LogP contribution in [0.25, 0.3) is 61.4 Å². The van der Waals surface area contributed by atoms with Gasteiger partial charge in [-0.15, -0.1) is 0 Å². The van der Waals surface area contributed by atoms with Gasteiger partial charge in [0.15, 0.2) is 5.82 Å². The van der Waals surface area contributed by atoms with Crippen molar-refractivity contribution in [1.82, 2.24) is 14.5 Å². The van der Waals surface area contributed by atoms with E-state index >= 15 is 0 Å². The number of aromatic nitrogens is 3. The summed E-state index contributed by atoms with van der Waals surface area (Å²) in [5.74, 6) is 0.749. The molecule has 3 heteroatoms. The van der Waals surface area contributed by atoms with Crippen LogP contribution >= 0.6 is 0 Å². The predicted molar refractivity (Wildman–Crippen MR) is 165 cm³/mol. The third kappa shape index (κ3) is 3.24. The molecule has 0 atom stereocenters. The molecule has 1 aliphatic carbocycles. The molecule has 7 aromatic rings. The molecule has 5 aromatic carbocycles. The fourth-order valence-electron chi connectivity index (χ4n) is 6.51. The van der Waals surface area contributed by atoms with Gasteiger partial charge in [-0.1, -0.05) is 105 Å². The molecule has 8 rings (SSSR count). The molecular formula is C37H27N3. The number of rotatable bonds is 3. The van der Waals surface area contributed by atoms with Crippen LogP contribution in [0.4, 0.5) is 0 Å². The normalized spacial score (nSPS) is 13.4. The van der Waals surface area contributed by atoms with E-state index in [4.69, 9.17) is 9.97 Å². The van der Waals surface area contributed by atoms with E-state index in [1.54, 1.807) is 0 Å². The predicted octanol–water partition coefficient (Wildman–Crippen LogP) is 9.21. The highest BCUT2D eigenvalue weighted by atomic mass is 15.0. The first-order valence-corrected chi connectivity index (χ1v) is 13.8. The molecular weight excluding hydrogens is 486 g/mol. The van der Waals surface area contributed by atoms with Crippen LogP contribution in [0.15, 0.2) is 127 Å². The molecule has 0 radical (unpaired) electrons. The fraction of sp³-hybridized carbons (Fsp3) is 0.0811. The summed E-state index contributed by atoms with van der Waals surface area (Å²) in [6.45, 7) is 4.57. The minimum absolute atomic E-state index is 0.184. The van der Waals surface area contributed by atoms with E-state index < -0.39 is 0 Å². The SMILES string of the molecule is CC1(C)c2ccccc2-c2nc(-c3ccc(-n4c5ccccc5c5ccccc54)cc3)nc(-c3ccccc3)c21. The second-order valence-electron chi connectivity index (χ2n) is 11.1. The van der Waals surface area contributed by atoms with Crippen molar-refractivity contribution in [2.45, 2.75) is 19.3 Å². The van der Waals surface area contributed by atoms with Crippen molar-refractivity contribution in [2.24, 2.45) is 0 Å². The molecule has 0 N–H and O–H groups in total. The van der Waals surface area contributed by atoms with Crippen molar-refractivity contribution in [3.8, 4) is 39.6 Å². The Balaban J connectivity index is 1.32. The summed E-state index contributed by atoms with van der Waals surface area (Å²) in [7, 11) is 0. The maximum atomic E-state index is 5.24. The molecule has 0 bridgehead atoms. The van der Waals surface area contributed by atoms with Crippen molar-refractivity contribution in [1.29, 1.82) is 0 Å². The molecule has 190 valence electrons. The number of hydrogen-bond acceptors (Lipinski definition) is 2. The second-order valence-corrected chi connectivity index (χ2v) is 11.1. The maximum Gasteiger partial charge on any atom is 0.160 e. The third-order valence-electron chi connectivity index (χ3n) is 8.40. The van der Waals surface area contributed by atoms with Gasteiger partial charge in [0.25, 0.3) is 0 Å². The Morgan fingerprint density at radius 3 is 1.80 bits per heavy atom. The average Bonchev–Trinajstić information content (AvgIpc) is 3.47. The van der Waals surface area contributed by atoms with Gasteiger partial charge in [-0.3, -0.25) is 0 Å². The maximum absolute atomic E-state index is 5.24. The summed E-state index contributed by atoms with van der Waals surface area (Å²) in [6.07, 6.45) is 0. The molecule has 1 aliphatic rings. The van der Waals surface area contributed by atoms with Crippen LogP contribution in [0.3, 0.4) is 0 Å². The lowest BCUT2D eigenvalue weighted by atomic mass is 9.81. The van der Waals surface area contributed by atoms with E-state index in [0.29, 0.717) is 0 Å². The van der Waals surface area contributed by atoms with Gasteiger partial charge in [-0.05, 0) is 42.0 Å². The summed E-state index contributed by atoms with van der Waals surface area (Å²) in [5, 5.41) is 2.52. The number of hydrogen-bond donors (Lipinski definition) is 0. The fourth-order valence-corrected chi connectivity index (χ4v) is 6.51. The average molecular weight is 514 g/mol. The highest BCUT2D eigenvalue weighted by Gasteiger charge is 2.39. The van der Waals surface area contributed by atoms with Crippen LogP contribution in [0.5, 0.6) is 0 Å². The van der Waals surface area contributed by atoms with E-state index in [1.807, 2.05) is 0 Å². The molecule has 0 spiro atoms. The van der Waals surface area contributed by atoms with Crippen LogP contribution in [-0.4, -0.2) is 14.5 Å². The first-order valence-electron chi connectivity index (χ1n) is 13.8. The van der Waals surface area contributed by atoms with E-state index in [-0.39, 0.29) is 5.41 Å². The second kappa shape index (κ2) is 8.49. The monoisotopic (exact) mass is 513 g/mol. The molecule has 0 saturated carbocycles. The first-order chi connectivity index (χ1) is 19.6. The zero-order chi connectivity index (χ0) is 26.8. The number of fused-ring (bicyclic) bond motifs is 6. The highest BCUT2D eigenvalue weighted by Crippen LogP contribution is 2.51. The summed E-state index contributed by atoms with van der Waals surface area (Å²) in [5.41, 5.74) is 11.2. The Morgan fingerprint density at radius 2 is 1.10 bits per heavy atom. The molecule has 2 aromatic heterocycles. The van der Waals surface area contributed by atoms with Crippen LogP contribution in [0.1, 0.15) is 25.0 Å². The minimum Gasteiger partial charge on any atom is -0.309 e. The van der Waals surface area contributed by atoms with Crippen LogP contribution < -0.4 is 0 Å². The quantitative estimate of drug-likeness (QED) is 0.236. The molecule has 40 heavy (non-hydrogen) atoms. The summed E-state index contributed by atoms with van der Waals surface area (Å²) in [4.78, 5) is 10.5. The van der Waals surface area contributed by atoms with Gasteiger partial charge < -0.3 is 4.57 Å². The topological polar surface area (TPSA) is 30.7 Å². The van der Waals surface area contributed by atoms with E-state index in [9.17, 15) is 0 Å². The molecule has 0 amide bonds. The van der Waals surface area contributed by atoms with Gasteiger partial charge >= 0.3 is 0 Å². The van der Waals surface area contributed by atoms with Gasteiger partial charge in [0.05, 0.1) is 22.4 Å². The van der Waals surface area contributed by atoms with Gasteiger partial charge in [0.1, 0.15) is 0 Å². The zero-order valence-corrected chi connectivity index (χ0v) is 22.5. The summed E-state index contributed by atoms with van der Waals surface area (Å²) in [6, 6.07) is 45.1. The van der Waals surface area contributed by atoms with Gasteiger partial charge in [-0.2, -0.15) is 0 Å². The van der Waals surface area contributed by atoms with Crippen LogP contribution in [-0.2, 0) is 5.41 Å². The lowest BCUT2D eigenvalue weighted by molar-refractivity contribution is 0.658. The van der Waals surface area contributed by atoms with Gasteiger partial charge in [0, 0.05) is 44.1 Å². The van der Waals surface area contributed by atoms with Crippen molar-refractivity contribution in [3.63, 3.8) is 0 Å². The Hall–Kier alpha value is -5.02. The van der Waals surface area contributed by atoms with Crippen LogP contribution in [0, 0.1) is 0 Å². The Morgan fingerprint density at radius 1 is 0.525 bits per heavy atom. The molecule has 2 heterocycles. The molecule has 0 aliphatic heterocycles. The van der Waals surface area contributed by atoms with Gasteiger partial charge in [0.2, 0.25) is 0 Å². The summed E-state index contributed by atoms with van der Waals surface area (Å²) < 4.78 is 2.34. The van der Waals surface area contributed by atoms with E-state index in [2.05, 4.69) is 146 Å². The largest absolute Gasteiger partial charge is 0.309 e. The minimum atomic E-state index is -0.184. The number of nitrogens with zero attached hydrogens (tertiary/aromatic N) is 3. The van der Waals surface area contributed by atoms with Crippen molar-refractivity contribution < 1.29 is 0 Å². The Bertz CT molecular complexity index is 2010. The standard InChI is InChI=1S/C37H27N3/c1-37(2)30-17-9-6-16-29(30)35-33(37)34(24-12-4-3-5-13-24)38-36(39-35)25-20-22-26(23-21-25)40-31-18-10-7-14-27(31)28-15-8-11-19-32(28)40/h3-23H,1-2H3. The van der Waals surface area contributed by atoms with Gasteiger partial charge in [-0.25, -0.2) is 9.97 Å². The first kappa shape index (κ1) is 22.9. The molecule has 0 fully saturated rings. The third-order valence-corrected chi connectivity index (χ3v) is 8.40. The summed E-state index contributed by atoms with van der Waals surface area (Å²) >= 11 is 0. The van der Waals surface area contributed by atoms with E-state index in [0.717, 1.165) is 34.0 Å². The van der Waals surface area contributed by atoms with Crippen molar-refractivity contribution in [2.75, 3.05) is 0 Å². The molecule has 3 nitrogen and oxygen atoms in total. The molecule has 0 saturated heterocycles. The Kier molecular flexibility index (Phi) is 4.86. The van der Waals surface area contributed by atoms with Crippen molar-refractivity contribution >= 4 is 21.8 Å². The molecule has 0 unspecified atom stereocenters. The smallest absolute Gasteiger partial charge is 0.160 e. The lowest BCUT2D eigenvalue weighted by Crippen LogP contribution is -2.17. The van der Waals surface area contributed by atoms with E-state index in [1.165, 1.54) is 38.5 Å². The Labute approximate surface area is 233 Å². The zero-order valence-electron chi connectivity index (χ0n) is 22.5. The number of para-hydroxylation sites is 2. The van der Waals surface area contributed by atoms with Crippen molar-refractivity contribution in [3.05, 3.63) is 139 Å². The number of benzene rings is 5.